The van der Waals surface area contributed by atoms with Gasteiger partial charge in [0.05, 0.1) is 0 Å². The van der Waals surface area contributed by atoms with E-state index in [4.69, 9.17) is 10.2 Å². The molecule has 3 heterocycles. The number of aromatic nitrogens is 1. The Hall–Kier alpha value is -2.21. The van der Waals surface area contributed by atoms with Gasteiger partial charge in [-0.15, -0.1) is 0 Å². The van der Waals surface area contributed by atoms with Gasteiger partial charge in [0.15, 0.2) is 0 Å². The molecule has 3 N–H and O–H groups in total. The van der Waals surface area contributed by atoms with Gasteiger partial charge in [-0.2, -0.15) is 0 Å². The summed E-state index contributed by atoms with van der Waals surface area (Å²) < 4.78 is 0. The Morgan fingerprint density at radius 1 is 1.14 bits per heavy atom. The maximum Gasteiger partial charge on any atom is 0.328 e. The highest BCUT2D eigenvalue weighted by Crippen LogP contribution is 2.40. The second-order valence-electron chi connectivity index (χ2n) is 5.55. The van der Waals surface area contributed by atoms with Gasteiger partial charge in [-0.1, -0.05) is 6.07 Å². The van der Waals surface area contributed by atoms with Crippen LogP contribution >= 0.6 is 0 Å². The zero-order chi connectivity index (χ0) is 15.9. The number of hydrogen-bond acceptors (Lipinski definition) is 4. The molecule has 22 heavy (non-hydrogen) atoms. The van der Waals surface area contributed by atoms with Crippen molar-refractivity contribution >= 4 is 11.9 Å². The highest BCUT2D eigenvalue weighted by molar-refractivity contribution is 5.89. The molecule has 0 radical (unpaired) electrons. The zero-order valence-electron chi connectivity index (χ0n) is 12.2. The highest BCUT2D eigenvalue weighted by atomic mass is 16.4. The van der Waals surface area contributed by atoms with Crippen molar-refractivity contribution in [3.8, 4) is 0 Å². The van der Waals surface area contributed by atoms with Gasteiger partial charge >= 0.3 is 11.9 Å². The summed E-state index contributed by atoms with van der Waals surface area (Å²) in [4.78, 5) is 23.3. The first-order chi connectivity index (χ1) is 10.6. The van der Waals surface area contributed by atoms with E-state index < -0.39 is 11.9 Å². The van der Waals surface area contributed by atoms with Gasteiger partial charge in [0.25, 0.3) is 0 Å². The third kappa shape index (κ3) is 4.66. The molecule has 1 aromatic heterocycles. The van der Waals surface area contributed by atoms with E-state index in [-0.39, 0.29) is 0 Å². The smallest absolute Gasteiger partial charge is 0.328 e. The van der Waals surface area contributed by atoms with Gasteiger partial charge in [0.1, 0.15) is 0 Å². The second-order valence-corrected chi connectivity index (χ2v) is 5.55. The van der Waals surface area contributed by atoms with Crippen molar-refractivity contribution in [1.29, 1.82) is 0 Å². The molecule has 0 spiro atoms. The topological polar surface area (TPSA) is 99.5 Å². The molecule has 6 nitrogen and oxygen atoms in total. The Morgan fingerprint density at radius 3 is 2.18 bits per heavy atom. The number of nitrogens with one attached hydrogen (secondary N) is 1. The number of pyridine rings is 1. The standard InChI is InChI=1S/C12H16N2.C4H4O4/c1-2-10(8-13-7-1)12-9-3-5-11(14-12)6-4-9;5-3(6)1-2-4(7)8/h1-2,7-9,11-12,14H,3-6H2;1-2H,(H,5,6)(H,7,8)/b;2-1+. The maximum atomic E-state index is 9.55. The summed E-state index contributed by atoms with van der Waals surface area (Å²) in [6.45, 7) is 0. The Labute approximate surface area is 128 Å². The average molecular weight is 304 g/mol. The fourth-order valence-electron chi connectivity index (χ4n) is 3.08. The maximum absolute atomic E-state index is 9.55. The molecule has 3 aliphatic rings. The summed E-state index contributed by atoms with van der Waals surface area (Å²) >= 11 is 0. The molecule has 2 bridgehead atoms. The zero-order valence-corrected chi connectivity index (χ0v) is 12.2. The van der Waals surface area contributed by atoms with E-state index >= 15 is 0 Å². The van der Waals surface area contributed by atoms with Crippen LogP contribution in [0.1, 0.15) is 37.3 Å². The quantitative estimate of drug-likeness (QED) is 0.739. The van der Waals surface area contributed by atoms with E-state index in [1.807, 2.05) is 18.5 Å². The summed E-state index contributed by atoms with van der Waals surface area (Å²) in [7, 11) is 0. The molecule has 6 heteroatoms. The summed E-state index contributed by atoms with van der Waals surface area (Å²) in [6.07, 6.45) is 10.5. The molecule has 2 aliphatic heterocycles. The van der Waals surface area contributed by atoms with Crippen LogP contribution in [-0.2, 0) is 9.59 Å². The van der Waals surface area contributed by atoms with Crippen LogP contribution in [0.2, 0.25) is 0 Å². The number of hydrogen-bond donors (Lipinski definition) is 3. The number of piperidine rings is 2. The highest BCUT2D eigenvalue weighted by Gasteiger charge is 2.35. The van der Waals surface area contributed by atoms with Crippen molar-refractivity contribution in [2.24, 2.45) is 5.92 Å². The van der Waals surface area contributed by atoms with Crippen LogP contribution in [0.5, 0.6) is 0 Å². The van der Waals surface area contributed by atoms with Gasteiger partial charge in [-0.05, 0) is 43.2 Å². The van der Waals surface area contributed by atoms with Crippen LogP contribution in [0.25, 0.3) is 0 Å². The predicted molar refractivity (Wildman–Crippen MR) is 80.3 cm³/mol. The molecule has 1 saturated carbocycles. The van der Waals surface area contributed by atoms with Crippen molar-refractivity contribution in [1.82, 2.24) is 10.3 Å². The van der Waals surface area contributed by atoms with E-state index in [0.29, 0.717) is 18.2 Å². The Morgan fingerprint density at radius 2 is 1.77 bits per heavy atom. The van der Waals surface area contributed by atoms with E-state index in [2.05, 4.69) is 16.4 Å². The summed E-state index contributed by atoms with van der Waals surface area (Å²) in [5, 5.41) is 19.4. The van der Waals surface area contributed by atoms with Gasteiger partial charge in [0, 0.05) is 36.6 Å². The second kappa shape index (κ2) is 7.70. The summed E-state index contributed by atoms with van der Waals surface area (Å²) in [5.74, 6) is -1.66. The Bertz CT molecular complexity index is 520. The molecule has 1 aromatic rings. The van der Waals surface area contributed by atoms with E-state index in [0.717, 1.165) is 12.0 Å². The predicted octanol–water partition coefficient (Wildman–Crippen LogP) is 2.00. The van der Waals surface area contributed by atoms with Gasteiger partial charge in [-0.25, -0.2) is 9.59 Å². The lowest BCUT2D eigenvalue weighted by Crippen LogP contribution is -2.46. The number of fused-ring (bicyclic) bond motifs is 3. The first-order valence-electron chi connectivity index (χ1n) is 7.36. The van der Waals surface area contributed by atoms with Crippen LogP contribution in [0, 0.1) is 5.92 Å². The third-order valence-electron chi connectivity index (χ3n) is 4.07. The minimum atomic E-state index is -1.26. The van der Waals surface area contributed by atoms with Crippen LogP contribution in [-0.4, -0.2) is 33.2 Å². The molecule has 1 aliphatic carbocycles. The molecule has 0 aromatic carbocycles. The number of nitrogens with zero attached hydrogens (tertiary/aromatic N) is 1. The molecule has 3 fully saturated rings. The van der Waals surface area contributed by atoms with Crippen LogP contribution in [0.4, 0.5) is 0 Å². The minimum Gasteiger partial charge on any atom is -0.478 e. The molecule has 118 valence electrons. The number of rotatable bonds is 3. The third-order valence-corrected chi connectivity index (χ3v) is 4.07. The largest absolute Gasteiger partial charge is 0.478 e. The first-order valence-corrected chi connectivity index (χ1v) is 7.36. The minimum absolute atomic E-state index is 0.558. The van der Waals surface area contributed by atoms with Gasteiger partial charge in [0.2, 0.25) is 0 Å². The van der Waals surface area contributed by atoms with Crippen LogP contribution < -0.4 is 5.32 Å². The lowest BCUT2D eigenvalue weighted by atomic mass is 9.74. The lowest BCUT2D eigenvalue weighted by molar-refractivity contribution is -0.134. The monoisotopic (exact) mass is 304 g/mol. The number of aliphatic carboxylic acids is 2. The van der Waals surface area contributed by atoms with Crippen molar-refractivity contribution in [2.75, 3.05) is 0 Å². The molecule has 1 unspecified atom stereocenters. The normalized spacial score (nSPS) is 26.3. The summed E-state index contributed by atoms with van der Waals surface area (Å²) in [6, 6.07) is 5.59. The fourth-order valence-corrected chi connectivity index (χ4v) is 3.08. The van der Waals surface area contributed by atoms with Crippen molar-refractivity contribution in [3.05, 3.63) is 42.2 Å². The summed E-state index contributed by atoms with van der Waals surface area (Å²) in [5.41, 5.74) is 1.38. The number of carboxylic acids is 2. The van der Waals surface area contributed by atoms with E-state index in [9.17, 15) is 9.59 Å². The Kier molecular flexibility index (Phi) is 5.66. The van der Waals surface area contributed by atoms with E-state index in [1.165, 1.54) is 31.2 Å². The van der Waals surface area contributed by atoms with Gasteiger partial charge < -0.3 is 15.5 Å². The van der Waals surface area contributed by atoms with Crippen molar-refractivity contribution in [2.45, 2.75) is 37.8 Å². The van der Waals surface area contributed by atoms with Crippen LogP contribution in [0.3, 0.4) is 0 Å². The first kappa shape index (κ1) is 16.2. The fraction of sp³-hybridized carbons (Fsp3) is 0.438. The van der Waals surface area contributed by atoms with Gasteiger partial charge in [-0.3, -0.25) is 4.98 Å². The average Bonchev–Trinajstić information content (AvgIpc) is 2.55. The van der Waals surface area contributed by atoms with Crippen molar-refractivity contribution < 1.29 is 19.8 Å². The molecule has 4 rings (SSSR count). The number of carbonyl (C=O) groups is 2. The lowest BCUT2D eigenvalue weighted by Gasteiger charge is -2.43. The molecule has 1 atom stereocenters. The van der Waals surface area contributed by atoms with E-state index in [1.54, 1.807) is 0 Å². The number of carboxylic acid groups (broad SMARTS) is 2. The van der Waals surface area contributed by atoms with Crippen molar-refractivity contribution in [3.63, 3.8) is 0 Å². The SMILES string of the molecule is O=C(O)/C=C/C(=O)O.c1cncc(C2NC3CCC2CC3)c1. The molecule has 0 amide bonds. The van der Waals surface area contributed by atoms with Crippen LogP contribution in [0.15, 0.2) is 36.7 Å². The molecule has 2 saturated heterocycles. The Balaban J connectivity index is 0.000000192. The molecular weight excluding hydrogens is 284 g/mol. The molecular formula is C16H20N2O4.